The standard InChI is InChI=1S/C20H23N3O6S2/c1-23-16-9-8-13(12-18(16)29-20(23)25)31(26,27)22-15(10-11-30-3)19(24)21-14-6-4-5-7-17(14)28-2/h4-9,12,15,22H,10-11H2,1-3H3,(H,21,24)/t15-/m0/s1. The molecule has 1 aromatic heterocycles. The minimum atomic E-state index is -4.06. The molecule has 0 unspecified atom stereocenters. The maximum Gasteiger partial charge on any atom is 0.419 e. The van der Waals surface area contributed by atoms with Crippen LogP contribution in [0.1, 0.15) is 6.42 Å². The summed E-state index contributed by atoms with van der Waals surface area (Å²) in [4.78, 5) is 24.5. The van der Waals surface area contributed by atoms with Crippen LogP contribution < -0.4 is 20.5 Å². The maximum absolute atomic E-state index is 13.0. The van der Waals surface area contributed by atoms with Crippen molar-refractivity contribution < 1.29 is 22.4 Å². The van der Waals surface area contributed by atoms with Crippen LogP contribution in [0.25, 0.3) is 11.1 Å². The molecule has 3 aromatic rings. The lowest BCUT2D eigenvalue weighted by Crippen LogP contribution is -2.44. The van der Waals surface area contributed by atoms with Gasteiger partial charge in [0.1, 0.15) is 11.8 Å². The Morgan fingerprint density at radius 3 is 2.71 bits per heavy atom. The predicted molar refractivity (Wildman–Crippen MR) is 120 cm³/mol. The number of ether oxygens (including phenoxy) is 1. The molecule has 31 heavy (non-hydrogen) atoms. The van der Waals surface area contributed by atoms with E-state index in [0.717, 1.165) is 0 Å². The predicted octanol–water partition coefficient (Wildman–Crippen LogP) is 2.18. The molecule has 0 aliphatic rings. The fraction of sp³-hybridized carbons (Fsp3) is 0.300. The maximum atomic E-state index is 13.0. The van der Waals surface area contributed by atoms with Gasteiger partial charge in [-0.1, -0.05) is 12.1 Å². The van der Waals surface area contributed by atoms with Crippen molar-refractivity contribution >= 4 is 44.5 Å². The number of nitrogens with one attached hydrogen (secondary N) is 2. The summed E-state index contributed by atoms with van der Waals surface area (Å²) in [5.74, 6) is -0.0630. The number of anilines is 1. The lowest BCUT2D eigenvalue weighted by Gasteiger charge is -2.19. The van der Waals surface area contributed by atoms with Crippen molar-refractivity contribution in [3.63, 3.8) is 0 Å². The Bertz CT molecular complexity index is 1250. The van der Waals surface area contributed by atoms with Gasteiger partial charge in [-0.05, 0) is 42.7 Å². The highest BCUT2D eigenvalue weighted by atomic mass is 32.2. The van der Waals surface area contributed by atoms with Crippen LogP contribution in [-0.2, 0) is 21.9 Å². The summed E-state index contributed by atoms with van der Waals surface area (Å²) >= 11 is 1.50. The van der Waals surface area contributed by atoms with Gasteiger partial charge in [-0.2, -0.15) is 16.5 Å². The molecule has 1 heterocycles. The number of aromatic nitrogens is 1. The van der Waals surface area contributed by atoms with Gasteiger partial charge >= 0.3 is 5.76 Å². The molecule has 0 radical (unpaired) electrons. The first-order valence-corrected chi connectivity index (χ1v) is 12.2. The van der Waals surface area contributed by atoms with Crippen molar-refractivity contribution in [2.24, 2.45) is 7.05 Å². The largest absolute Gasteiger partial charge is 0.495 e. The van der Waals surface area contributed by atoms with Crippen molar-refractivity contribution in [2.75, 3.05) is 24.4 Å². The first-order valence-electron chi connectivity index (χ1n) is 9.31. The van der Waals surface area contributed by atoms with Crippen LogP contribution in [0.3, 0.4) is 0 Å². The number of benzene rings is 2. The number of nitrogens with zero attached hydrogens (tertiary/aromatic N) is 1. The molecule has 1 atom stereocenters. The summed E-state index contributed by atoms with van der Waals surface area (Å²) in [7, 11) is -1.05. The number of amides is 1. The highest BCUT2D eigenvalue weighted by Gasteiger charge is 2.27. The number of rotatable bonds is 9. The summed E-state index contributed by atoms with van der Waals surface area (Å²) in [6.45, 7) is 0. The summed E-state index contributed by atoms with van der Waals surface area (Å²) in [5.41, 5.74) is 1.06. The summed E-state index contributed by atoms with van der Waals surface area (Å²) in [6.07, 6.45) is 2.15. The third-order valence-corrected chi connectivity index (χ3v) is 6.78. The minimum absolute atomic E-state index is 0.103. The highest BCUT2D eigenvalue weighted by molar-refractivity contribution is 7.98. The summed E-state index contributed by atoms with van der Waals surface area (Å²) < 4.78 is 40.0. The van der Waals surface area contributed by atoms with E-state index in [1.165, 1.54) is 48.7 Å². The quantitative estimate of drug-likeness (QED) is 0.497. The van der Waals surface area contributed by atoms with Crippen molar-refractivity contribution in [3.05, 3.63) is 53.0 Å². The average Bonchev–Trinajstić information content (AvgIpc) is 3.04. The minimum Gasteiger partial charge on any atom is -0.495 e. The van der Waals surface area contributed by atoms with Gasteiger partial charge in [0, 0.05) is 13.1 Å². The number of carbonyl (C=O) groups is 1. The number of thioether (sulfide) groups is 1. The third-order valence-electron chi connectivity index (χ3n) is 4.66. The molecule has 11 heteroatoms. The van der Waals surface area contributed by atoms with Gasteiger partial charge in [-0.25, -0.2) is 13.2 Å². The number of hydrogen-bond acceptors (Lipinski definition) is 7. The zero-order valence-corrected chi connectivity index (χ0v) is 18.9. The van der Waals surface area contributed by atoms with Crippen molar-refractivity contribution in [3.8, 4) is 5.75 Å². The van der Waals surface area contributed by atoms with Gasteiger partial charge in [0.15, 0.2) is 5.58 Å². The number of para-hydroxylation sites is 2. The summed E-state index contributed by atoms with van der Waals surface area (Å²) in [6, 6.07) is 9.97. The topological polar surface area (TPSA) is 120 Å². The van der Waals surface area contributed by atoms with E-state index in [2.05, 4.69) is 10.0 Å². The molecular weight excluding hydrogens is 442 g/mol. The van der Waals surface area contributed by atoms with Crippen LogP contribution in [0.15, 0.2) is 56.6 Å². The highest BCUT2D eigenvalue weighted by Crippen LogP contribution is 2.24. The molecule has 166 valence electrons. The van der Waals surface area contributed by atoms with E-state index in [4.69, 9.17) is 9.15 Å². The molecule has 3 rings (SSSR count). The van der Waals surface area contributed by atoms with E-state index >= 15 is 0 Å². The SMILES string of the molecule is COc1ccccc1NC(=O)[C@H](CCSC)NS(=O)(=O)c1ccc2c(c1)oc(=O)n2C. The van der Waals surface area contributed by atoms with Crippen LogP contribution >= 0.6 is 11.8 Å². The Morgan fingerprint density at radius 1 is 1.26 bits per heavy atom. The number of aryl methyl sites for hydroxylation is 1. The average molecular weight is 466 g/mol. The van der Waals surface area contributed by atoms with Gasteiger partial charge in [0.25, 0.3) is 0 Å². The van der Waals surface area contributed by atoms with E-state index in [-0.39, 0.29) is 16.9 Å². The first kappa shape index (κ1) is 22.9. The van der Waals surface area contributed by atoms with Gasteiger partial charge < -0.3 is 14.5 Å². The number of hydrogen-bond donors (Lipinski definition) is 2. The number of fused-ring (bicyclic) bond motifs is 1. The Kier molecular flexibility index (Phi) is 7.08. The molecule has 0 fully saturated rings. The van der Waals surface area contributed by atoms with Crippen LogP contribution in [-0.4, -0.2) is 44.1 Å². The number of oxazole rings is 1. The van der Waals surface area contributed by atoms with Crippen molar-refractivity contribution in [2.45, 2.75) is 17.4 Å². The van der Waals surface area contributed by atoms with Crippen LogP contribution in [0.5, 0.6) is 5.75 Å². The lowest BCUT2D eigenvalue weighted by molar-refractivity contribution is -0.117. The van der Waals surface area contributed by atoms with E-state index in [1.807, 2.05) is 6.26 Å². The van der Waals surface area contributed by atoms with Crippen LogP contribution in [0.4, 0.5) is 5.69 Å². The van der Waals surface area contributed by atoms with Gasteiger partial charge in [-0.15, -0.1) is 0 Å². The molecule has 0 saturated carbocycles. The molecule has 2 aromatic carbocycles. The van der Waals surface area contributed by atoms with Crippen molar-refractivity contribution in [1.29, 1.82) is 0 Å². The molecule has 1 amide bonds. The molecule has 0 aliphatic heterocycles. The van der Waals surface area contributed by atoms with Crippen molar-refractivity contribution in [1.82, 2.24) is 9.29 Å². The Morgan fingerprint density at radius 2 is 2.00 bits per heavy atom. The van der Waals surface area contributed by atoms with E-state index in [9.17, 15) is 18.0 Å². The molecule has 0 aliphatic carbocycles. The first-order chi connectivity index (χ1) is 14.8. The van der Waals surface area contributed by atoms with Crippen LogP contribution in [0, 0.1) is 0 Å². The third kappa shape index (κ3) is 5.12. The second-order valence-corrected chi connectivity index (χ2v) is 9.40. The van der Waals surface area contributed by atoms with E-state index < -0.39 is 27.7 Å². The van der Waals surface area contributed by atoms with Gasteiger partial charge in [0.2, 0.25) is 15.9 Å². The monoisotopic (exact) mass is 465 g/mol. The van der Waals surface area contributed by atoms with E-state index in [0.29, 0.717) is 22.7 Å². The fourth-order valence-corrected chi connectivity index (χ4v) is 4.70. The molecule has 9 nitrogen and oxygen atoms in total. The van der Waals surface area contributed by atoms with Crippen LogP contribution in [0.2, 0.25) is 0 Å². The molecule has 0 bridgehead atoms. The van der Waals surface area contributed by atoms with Gasteiger partial charge in [-0.3, -0.25) is 9.36 Å². The smallest absolute Gasteiger partial charge is 0.419 e. The summed E-state index contributed by atoms with van der Waals surface area (Å²) in [5, 5.41) is 2.72. The zero-order valence-electron chi connectivity index (χ0n) is 17.2. The number of sulfonamides is 1. The molecule has 0 spiro atoms. The lowest BCUT2D eigenvalue weighted by atomic mass is 10.2. The second-order valence-electron chi connectivity index (χ2n) is 6.70. The second kappa shape index (κ2) is 9.58. The molecular formula is C20H23N3O6S2. The Hall–Kier alpha value is -2.76. The molecule has 2 N–H and O–H groups in total. The number of carbonyl (C=O) groups excluding carboxylic acids is 1. The van der Waals surface area contributed by atoms with E-state index in [1.54, 1.807) is 24.3 Å². The Labute approximate surface area is 183 Å². The normalized spacial score (nSPS) is 12.6. The fourth-order valence-electron chi connectivity index (χ4n) is 2.98. The zero-order chi connectivity index (χ0) is 22.6. The molecule has 0 saturated heterocycles. The number of methoxy groups -OCH3 is 1. The Balaban J connectivity index is 1.86. The van der Waals surface area contributed by atoms with Gasteiger partial charge in [0.05, 0.1) is 23.2 Å².